The molecule has 0 amide bonds. The van der Waals surface area contributed by atoms with Crippen LogP contribution in [-0.2, 0) is 4.57 Å². The second-order valence-electron chi connectivity index (χ2n) is 10.6. The van der Waals surface area contributed by atoms with Gasteiger partial charge in [0.25, 0.3) is 0 Å². The summed E-state index contributed by atoms with van der Waals surface area (Å²) in [6, 6.07) is 0. The fourth-order valence-corrected chi connectivity index (χ4v) is 10.2. The molecule has 2 nitrogen and oxygen atoms in total. The first-order chi connectivity index (χ1) is 17.1. The molecule has 0 rings (SSSR count). The molecule has 0 unspecified atom stereocenters. The Morgan fingerprint density at radius 1 is 0.400 bits per heavy atom. The molecule has 0 spiro atoms. The Hall–Kier alpha value is 0.890. The van der Waals surface area contributed by atoms with Crippen LogP contribution in [0, 0.1) is 0 Å². The molecule has 0 aromatic rings. The highest BCUT2D eigenvalue weighted by Crippen LogP contribution is 2.65. The summed E-state index contributed by atoms with van der Waals surface area (Å²) in [6.07, 6.45) is 35.1. The summed E-state index contributed by atoms with van der Waals surface area (Å²) in [4.78, 5) is 10.2. The molecule has 0 heterocycles. The molecule has 0 aromatic heterocycles. The summed E-state index contributed by atoms with van der Waals surface area (Å²) in [7, 11) is 0. The van der Waals surface area contributed by atoms with Gasteiger partial charge in [0.15, 0.2) is 0 Å². The molecule has 0 saturated carbocycles. The lowest BCUT2D eigenvalue weighted by atomic mass is 10.1. The standard InChI is InChI=1S/C30H63O2PS2/c1-3-5-7-9-11-13-15-17-19-21-23-25-27-29-34-33(31,32)35-30-28-26-24-22-20-18-16-14-12-10-8-6-4-2/h3-30H2,1-2H3,(H,31,32). The lowest BCUT2D eigenvalue weighted by Gasteiger charge is -2.10. The van der Waals surface area contributed by atoms with Crippen molar-refractivity contribution in [1.82, 2.24) is 0 Å². The monoisotopic (exact) mass is 550 g/mol. The van der Waals surface area contributed by atoms with E-state index in [0.29, 0.717) is 0 Å². The summed E-state index contributed by atoms with van der Waals surface area (Å²) >= 11 is 2.64. The zero-order valence-corrected chi connectivity index (χ0v) is 26.4. The van der Waals surface area contributed by atoms with Crippen LogP contribution in [0.5, 0.6) is 0 Å². The second-order valence-corrected chi connectivity index (χ2v) is 18.1. The van der Waals surface area contributed by atoms with Gasteiger partial charge in [-0.1, -0.05) is 191 Å². The van der Waals surface area contributed by atoms with Gasteiger partial charge in [0.05, 0.1) is 0 Å². The maximum absolute atomic E-state index is 12.3. The van der Waals surface area contributed by atoms with Crippen molar-refractivity contribution in [3.8, 4) is 0 Å². The maximum Gasteiger partial charge on any atom is 0.310 e. The van der Waals surface area contributed by atoms with Crippen molar-refractivity contribution >= 4 is 28.5 Å². The van der Waals surface area contributed by atoms with Crippen LogP contribution in [0.1, 0.15) is 181 Å². The van der Waals surface area contributed by atoms with Crippen LogP contribution in [0.4, 0.5) is 0 Å². The normalized spacial score (nSPS) is 12.0. The lowest BCUT2D eigenvalue weighted by Crippen LogP contribution is -1.86. The van der Waals surface area contributed by atoms with Crippen molar-refractivity contribution in [2.45, 2.75) is 181 Å². The topological polar surface area (TPSA) is 37.3 Å². The van der Waals surface area contributed by atoms with Crippen LogP contribution in [0.2, 0.25) is 0 Å². The van der Waals surface area contributed by atoms with Crippen molar-refractivity contribution in [3.05, 3.63) is 0 Å². The Bertz CT molecular complexity index is 412. The average Bonchev–Trinajstić information content (AvgIpc) is 2.84. The van der Waals surface area contributed by atoms with Crippen molar-refractivity contribution in [2.24, 2.45) is 0 Å². The predicted molar refractivity (Wildman–Crippen MR) is 166 cm³/mol. The van der Waals surface area contributed by atoms with Gasteiger partial charge in [-0.3, -0.25) is 4.57 Å². The molecule has 0 atom stereocenters. The summed E-state index contributed by atoms with van der Waals surface area (Å²) < 4.78 is 12.3. The summed E-state index contributed by atoms with van der Waals surface area (Å²) in [5.41, 5.74) is 0. The van der Waals surface area contributed by atoms with Gasteiger partial charge in [-0.15, -0.1) is 0 Å². The zero-order chi connectivity index (χ0) is 25.7. The van der Waals surface area contributed by atoms with Gasteiger partial charge < -0.3 is 4.89 Å². The fourth-order valence-electron chi connectivity index (χ4n) is 4.64. The number of hydrogen-bond donors (Lipinski definition) is 1. The molecule has 0 aliphatic rings. The molecule has 0 radical (unpaired) electrons. The molecule has 35 heavy (non-hydrogen) atoms. The Labute approximate surface area is 229 Å². The average molecular weight is 551 g/mol. The number of rotatable bonds is 30. The fraction of sp³-hybridized carbons (Fsp3) is 1.00. The molecule has 212 valence electrons. The maximum atomic E-state index is 12.3. The first-order valence-corrected chi connectivity index (χ1v) is 20.6. The second kappa shape index (κ2) is 29.4. The molecule has 0 aromatic carbocycles. The van der Waals surface area contributed by atoms with Crippen LogP contribution in [-0.4, -0.2) is 16.4 Å². The minimum atomic E-state index is -3.03. The molecule has 0 fully saturated rings. The molecule has 0 aliphatic heterocycles. The third kappa shape index (κ3) is 31.0. The Kier molecular flexibility index (Phi) is 30.2. The molecule has 0 saturated heterocycles. The van der Waals surface area contributed by atoms with E-state index in [1.165, 1.54) is 177 Å². The van der Waals surface area contributed by atoms with E-state index in [0.717, 1.165) is 24.3 Å². The summed E-state index contributed by atoms with van der Waals surface area (Å²) in [5.74, 6) is -1.34. The van der Waals surface area contributed by atoms with E-state index in [1.807, 2.05) is 0 Å². The smallest absolute Gasteiger partial charge is 0.310 e. The minimum Gasteiger partial charge on any atom is -0.329 e. The minimum absolute atomic E-state index is 0.844. The van der Waals surface area contributed by atoms with E-state index >= 15 is 0 Å². The van der Waals surface area contributed by atoms with Crippen LogP contribution >= 0.6 is 28.5 Å². The molecular formula is C30H63O2PS2. The molecule has 1 N–H and O–H groups in total. The van der Waals surface area contributed by atoms with E-state index < -0.39 is 5.77 Å². The van der Waals surface area contributed by atoms with Crippen LogP contribution in [0.3, 0.4) is 0 Å². The first kappa shape index (κ1) is 35.9. The third-order valence-electron chi connectivity index (χ3n) is 7.00. The van der Waals surface area contributed by atoms with Gasteiger partial charge in [0.2, 0.25) is 0 Å². The Morgan fingerprint density at radius 3 is 0.829 bits per heavy atom. The third-order valence-corrected chi connectivity index (χ3v) is 13.6. The first-order valence-electron chi connectivity index (χ1n) is 15.7. The van der Waals surface area contributed by atoms with Gasteiger partial charge in [-0.05, 0) is 12.8 Å². The van der Waals surface area contributed by atoms with Crippen LogP contribution in [0.15, 0.2) is 0 Å². The number of hydrogen-bond acceptors (Lipinski definition) is 3. The van der Waals surface area contributed by atoms with Crippen LogP contribution in [0.25, 0.3) is 0 Å². The predicted octanol–water partition coefficient (Wildman–Crippen LogP) is 12.7. The molecule has 0 bridgehead atoms. The molecule has 5 heteroatoms. The Balaban J connectivity index is 3.28. The highest BCUT2D eigenvalue weighted by Gasteiger charge is 2.18. The van der Waals surface area contributed by atoms with Gasteiger partial charge in [-0.2, -0.15) is 0 Å². The highest BCUT2D eigenvalue weighted by molar-refractivity contribution is 8.88. The zero-order valence-electron chi connectivity index (χ0n) is 23.9. The summed E-state index contributed by atoms with van der Waals surface area (Å²) in [5, 5.41) is 0. The van der Waals surface area contributed by atoms with E-state index in [4.69, 9.17) is 0 Å². The SMILES string of the molecule is CCCCCCCCCCCCCCCSP(=O)(O)SCCCCCCCCCCCCCCC. The van der Waals surface area contributed by atoms with Gasteiger partial charge in [-0.25, -0.2) is 0 Å². The molecular weight excluding hydrogens is 487 g/mol. The quantitative estimate of drug-likeness (QED) is 0.0712. The van der Waals surface area contributed by atoms with Gasteiger partial charge >= 0.3 is 5.77 Å². The van der Waals surface area contributed by atoms with E-state index in [2.05, 4.69) is 13.8 Å². The van der Waals surface area contributed by atoms with Crippen molar-refractivity contribution < 1.29 is 9.46 Å². The van der Waals surface area contributed by atoms with Crippen LogP contribution < -0.4 is 0 Å². The lowest BCUT2D eigenvalue weighted by molar-refractivity contribution is 0.514. The van der Waals surface area contributed by atoms with E-state index in [1.54, 1.807) is 0 Å². The van der Waals surface area contributed by atoms with Gasteiger partial charge in [0.1, 0.15) is 0 Å². The van der Waals surface area contributed by atoms with Gasteiger partial charge in [0, 0.05) is 11.5 Å². The largest absolute Gasteiger partial charge is 0.329 e. The van der Waals surface area contributed by atoms with Crippen molar-refractivity contribution in [3.63, 3.8) is 0 Å². The van der Waals surface area contributed by atoms with Crippen molar-refractivity contribution in [1.29, 1.82) is 0 Å². The number of unbranched alkanes of at least 4 members (excludes halogenated alkanes) is 24. The Morgan fingerprint density at radius 2 is 0.600 bits per heavy atom. The van der Waals surface area contributed by atoms with E-state index in [9.17, 15) is 9.46 Å². The summed E-state index contributed by atoms with van der Waals surface area (Å²) in [6.45, 7) is 4.56. The molecule has 0 aliphatic carbocycles. The van der Waals surface area contributed by atoms with E-state index in [-0.39, 0.29) is 0 Å². The van der Waals surface area contributed by atoms with Crippen molar-refractivity contribution in [2.75, 3.05) is 11.5 Å². The highest BCUT2D eigenvalue weighted by atomic mass is 33.1.